The number of amides is 1. The number of aliphatic hydroxyl groups excluding tert-OH is 2. The number of aliphatic hydroxyl groups is 2. The number of β-amino-alcohol motifs (C(OH)–C–C–N with tert-alkyl or cyclic N) is 1. The van der Waals surface area contributed by atoms with E-state index in [1.165, 1.54) is 0 Å². The minimum atomic E-state index is -0.524. The van der Waals surface area contributed by atoms with E-state index in [2.05, 4.69) is 16.3 Å². The fraction of sp³-hybridized carbons (Fsp3) is 0.619. The topological polar surface area (TPSA) is 115 Å². The number of carbonyl (C=O) groups is 1. The van der Waals surface area contributed by atoms with E-state index in [-0.39, 0.29) is 24.9 Å². The van der Waals surface area contributed by atoms with Crippen molar-refractivity contribution in [3.05, 3.63) is 23.3 Å². The third-order valence-corrected chi connectivity index (χ3v) is 5.40. The summed E-state index contributed by atoms with van der Waals surface area (Å²) in [5.41, 5.74) is 1.07. The van der Waals surface area contributed by atoms with Gasteiger partial charge >= 0.3 is 0 Å². The summed E-state index contributed by atoms with van der Waals surface area (Å²) < 4.78 is 11.5. The molecular weight excluding hydrogens is 374 g/mol. The smallest absolute Gasteiger partial charge is 0.255 e. The summed E-state index contributed by atoms with van der Waals surface area (Å²) in [5.74, 6) is 0.600. The van der Waals surface area contributed by atoms with Crippen molar-refractivity contribution in [2.75, 3.05) is 46.0 Å². The van der Waals surface area contributed by atoms with E-state index in [4.69, 9.17) is 19.8 Å². The van der Waals surface area contributed by atoms with Crippen molar-refractivity contribution in [1.82, 2.24) is 10.2 Å². The van der Waals surface area contributed by atoms with Crippen molar-refractivity contribution in [3.8, 4) is 17.6 Å². The van der Waals surface area contributed by atoms with Gasteiger partial charge < -0.3 is 29.9 Å². The molecule has 158 valence electrons. The molecule has 2 heterocycles. The Bertz CT molecular complexity index is 749. The molecule has 3 rings (SSSR count). The van der Waals surface area contributed by atoms with Crippen LogP contribution in [0, 0.1) is 17.2 Å². The summed E-state index contributed by atoms with van der Waals surface area (Å²) in [6.07, 6.45) is 1.86. The first-order valence-electron chi connectivity index (χ1n) is 10.2. The van der Waals surface area contributed by atoms with E-state index in [9.17, 15) is 9.90 Å². The van der Waals surface area contributed by atoms with E-state index in [1.807, 2.05) is 0 Å². The van der Waals surface area contributed by atoms with Crippen molar-refractivity contribution in [2.24, 2.45) is 5.92 Å². The second-order valence-electron chi connectivity index (χ2n) is 7.56. The molecule has 8 nitrogen and oxygen atoms in total. The molecule has 2 aliphatic rings. The highest BCUT2D eigenvalue weighted by Crippen LogP contribution is 2.35. The lowest BCUT2D eigenvalue weighted by atomic mass is 9.93. The molecule has 1 aromatic carbocycles. The number of piperidine rings is 1. The van der Waals surface area contributed by atoms with Crippen LogP contribution >= 0.6 is 0 Å². The number of carbonyl (C=O) groups excluding carboxylic acids is 1. The summed E-state index contributed by atoms with van der Waals surface area (Å²) in [6, 6.07) is 5.54. The van der Waals surface area contributed by atoms with E-state index in [1.54, 1.807) is 12.1 Å². The van der Waals surface area contributed by atoms with Crippen LogP contribution in [-0.2, 0) is 6.42 Å². The maximum Gasteiger partial charge on any atom is 0.255 e. The molecule has 0 saturated carbocycles. The van der Waals surface area contributed by atoms with Crippen LogP contribution in [0.2, 0.25) is 0 Å². The van der Waals surface area contributed by atoms with Gasteiger partial charge in [0.1, 0.15) is 0 Å². The monoisotopic (exact) mass is 403 g/mol. The van der Waals surface area contributed by atoms with Crippen molar-refractivity contribution in [2.45, 2.75) is 31.8 Å². The molecule has 0 bridgehead atoms. The summed E-state index contributed by atoms with van der Waals surface area (Å²) >= 11 is 0. The highest BCUT2D eigenvalue weighted by molar-refractivity contribution is 5.98. The SMILES string of the molecule is N#CCc1cc2c(c(C(=O)NC[C@@H]3CCN(CCCO)C[C@H]3O)c1)OCCCO2. The summed E-state index contributed by atoms with van der Waals surface area (Å²) in [4.78, 5) is 15.0. The Morgan fingerprint density at radius 1 is 1.34 bits per heavy atom. The Morgan fingerprint density at radius 2 is 2.17 bits per heavy atom. The Hall–Kier alpha value is -2.34. The maximum atomic E-state index is 12.9. The first-order chi connectivity index (χ1) is 14.1. The Kier molecular flexibility index (Phi) is 7.69. The molecule has 0 radical (unpaired) electrons. The van der Waals surface area contributed by atoms with Crippen LogP contribution in [-0.4, -0.2) is 73.1 Å². The van der Waals surface area contributed by atoms with Gasteiger partial charge in [-0.05, 0) is 37.1 Å². The van der Waals surface area contributed by atoms with Crippen molar-refractivity contribution < 1.29 is 24.5 Å². The Labute approximate surface area is 171 Å². The molecule has 1 aromatic rings. The molecule has 2 aliphatic heterocycles. The van der Waals surface area contributed by atoms with Gasteiger partial charge in [0.2, 0.25) is 0 Å². The number of hydrogen-bond donors (Lipinski definition) is 3. The number of ether oxygens (including phenoxy) is 2. The first kappa shape index (κ1) is 21.4. The van der Waals surface area contributed by atoms with E-state index in [0.717, 1.165) is 25.9 Å². The van der Waals surface area contributed by atoms with Crippen LogP contribution in [0.4, 0.5) is 0 Å². The minimum Gasteiger partial charge on any atom is -0.490 e. The van der Waals surface area contributed by atoms with Gasteiger partial charge in [0.15, 0.2) is 11.5 Å². The number of benzene rings is 1. The normalized spacial score (nSPS) is 21.8. The zero-order valence-corrected chi connectivity index (χ0v) is 16.6. The molecule has 29 heavy (non-hydrogen) atoms. The Balaban J connectivity index is 1.65. The quantitative estimate of drug-likeness (QED) is 0.614. The van der Waals surface area contributed by atoms with Gasteiger partial charge in [0.25, 0.3) is 5.91 Å². The number of rotatable bonds is 7. The zero-order valence-electron chi connectivity index (χ0n) is 16.6. The second-order valence-corrected chi connectivity index (χ2v) is 7.56. The van der Waals surface area contributed by atoms with Gasteiger partial charge in [-0.15, -0.1) is 0 Å². The Morgan fingerprint density at radius 3 is 2.93 bits per heavy atom. The third kappa shape index (κ3) is 5.60. The van der Waals surface area contributed by atoms with Gasteiger partial charge in [-0.2, -0.15) is 5.26 Å². The second kappa shape index (κ2) is 10.4. The molecule has 0 unspecified atom stereocenters. The van der Waals surface area contributed by atoms with Crippen molar-refractivity contribution >= 4 is 5.91 Å². The zero-order chi connectivity index (χ0) is 20.6. The number of fused-ring (bicyclic) bond motifs is 1. The molecule has 0 aliphatic carbocycles. The number of hydrogen-bond acceptors (Lipinski definition) is 7. The van der Waals surface area contributed by atoms with Gasteiger partial charge in [0.05, 0.1) is 37.4 Å². The van der Waals surface area contributed by atoms with Crippen molar-refractivity contribution in [3.63, 3.8) is 0 Å². The molecule has 3 N–H and O–H groups in total. The molecular formula is C21H29N3O5. The fourth-order valence-corrected chi connectivity index (χ4v) is 3.79. The molecule has 8 heteroatoms. The predicted octanol–water partition coefficient (Wildman–Crippen LogP) is 0.709. The van der Waals surface area contributed by atoms with Gasteiger partial charge in [-0.3, -0.25) is 4.79 Å². The van der Waals surface area contributed by atoms with Gasteiger partial charge in [0, 0.05) is 38.6 Å². The van der Waals surface area contributed by atoms with Crippen LogP contribution in [0.25, 0.3) is 0 Å². The van der Waals surface area contributed by atoms with E-state index in [0.29, 0.717) is 55.4 Å². The minimum absolute atomic E-state index is 0.0256. The lowest BCUT2D eigenvalue weighted by Gasteiger charge is -2.36. The maximum absolute atomic E-state index is 12.9. The molecule has 1 amide bonds. The summed E-state index contributed by atoms with van der Waals surface area (Å²) in [6.45, 7) is 3.63. The highest BCUT2D eigenvalue weighted by atomic mass is 16.5. The van der Waals surface area contributed by atoms with Crippen LogP contribution in [0.15, 0.2) is 12.1 Å². The van der Waals surface area contributed by atoms with Gasteiger partial charge in [-0.1, -0.05) is 0 Å². The van der Waals surface area contributed by atoms with Gasteiger partial charge in [-0.25, -0.2) is 0 Å². The van der Waals surface area contributed by atoms with Crippen LogP contribution in [0.3, 0.4) is 0 Å². The molecule has 0 spiro atoms. The summed E-state index contributed by atoms with van der Waals surface area (Å²) in [5, 5.41) is 31.3. The van der Waals surface area contributed by atoms with Crippen LogP contribution in [0.5, 0.6) is 11.5 Å². The first-order valence-corrected chi connectivity index (χ1v) is 10.2. The van der Waals surface area contributed by atoms with E-state index >= 15 is 0 Å². The number of nitrogens with zero attached hydrogens (tertiary/aromatic N) is 2. The average molecular weight is 403 g/mol. The average Bonchev–Trinajstić information content (AvgIpc) is 2.96. The van der Waals surface area contributed by atoms with Crippen molar-refractivity contribution in [1.29, 1.82) is 5.26 Å². The molecule has 2 atom stereocenters. The molecule has 1 saturated heterocycles. The fourth-order valence-electron chi connectivity index (χ4n) is 3.79. The highest BCUT2D eigenvalue weighted by Gasteiger charge is 2.28. The van der Waals surface area contributed by atoms with Crippen LogP contribution < -0.4 is 14.8 Å². The number of likely N-dealkylation sites (tertiary alicyclic amines) is 1. The predicted molar refractivity (Wildman–Crippen MR) is 106 cm³/mol. The van der Waals surface area contributed by atoms with Crippen LogP contribution in [0.1, 0.15) is 35.2 Å². The number of nitriles is 1. The standard InChI is InChI=1S/C21H29N3O5/c22-5-3-15-11-17(20-19(12-15)28-9-2-10-29-20)21(27)23-13-16-4-7-24(6-1-8-25)14-18(16)26/h11-12,16,18,25-26H,1-4,6-10,13-14H2,(H,23,27)/t16-,18+/m0/s1. The largest absolute Gasteiger partial charge is 0.490 e. The number of nitrogens with one attached hydrogen (secondary N) is 1. The lowest BCUT2D eigenvalue weighted by Crippen LogP contribution is -2.48. The van der Waals surface area contributed by atoms with E-state index < -0.39 is 6.10 Å². The molecule has 1 fully saturated rings. The molecule has 0 aromatic heterocycles. The third-order valence-electron chi connectivity index (χ3n) is 5.40. The summed E-state index contributed by atoms with van der Waals surface area (Å²) in [7, 11) is 0. The lowest BCUT2D eigenvalue weighted by molar-refractivity contribution is 0.0201.